The van der Waals surface area contributed by atoms with Gasteiger partial charge in [0.2, 0.25) is 0 Å². The molecule has 0 aliphatic carbocycles. The highest BCUT2D eigenvalue weighted by molar-refractivity contribution is 6.31. The number of aromatic amines is 1. The third kappa shape index (κ3) is 3.13. The second kappa shape index (κ2) is 5.72. The van der Waals surface area contributed by atoms with Crippen LogP contribution in [0.15, 0.2) is 45.7 Å². The van der Waals surface area contributed by atoms with Gasteiger partial charge in [-0.1, -0.05) is 11.6 Å². The van der Waals surface area contributed by atoms with Crippen LogP contribution in [0.2, 0.25) is 5.02 Å². The van der Waals surface area contributed by atoms with Crippen LogP contribution in [0.4, 0.5) is 18.9 Å². The number of carbonyl (C=O) groups excluding carboxylic acids is 1. The Morgan fingerprint density at radius 3 is 2.67 bits per heavy atom. The zero-order chi connectivity index (χ0) is 17.5. The first-order chi connectivity index (χ1) is 11.2. The average Bonchev–Trinajstić information content (AvgIpc) is 2.91. The number of pyridine rings is 1. The lowest BCUT2D eigenvalue weighted by molar-refractivity contribution is -0.137. The maximum atomic E-state index is 12.7. The van der Waals surface area contributed by atoms with Crippen molar-refractivity contribution in [2.24, 2.45) is 0 Å². The van der Waals surface area contributed by atoms with Crippen LogP contribution >= 0.6 is 11.6 Å². The van der Waals surface area contributed by atoms with Crippen molar-refractivity contribution in [3.8, 4) is 0 Å². The van der Waals surface area contributed by atoms with E-state index in [2.05, 4.69) is 5.32 Å². The molecule has 124 valence electrons. The van der Waals surface area contributed by atoms with Crippen molar-refractivity contribution in [2.45, 2.75) is 6.18 Å². The molecule has 5 nitrogen and oxygen atoms in total. The number of hydrogen-bond donors (Lipinski definition) is 2. The van der Waals surface area contributed by atoms with Gasteiger partial charge >= 0.3 is 6.18 Å². The number of halogens is 4. The number of aromatic nitrogens is 1. The van der Waals surface area contributed by atoms with Gasteiger partial charge in [0.25, 0.3) is 11.5 Å². The van der Waals surface area contributed by atoms with Crippen molar-refractivity contribution in [3.05, 3.63) is 63.2 Å². The molecule has 3 aromatic rings. The summed E-state index contributed by atoms with van der Waals surface area (Å²) in [6.45, 7) is 0. The van der Waals surface area contributed by atoms with Crippen LogP contribution in [-0.2, 0) is 6.18 Å². The number of H-pyrrole nitrogens is 1. The summed E-state index contributed by atoms with van der Waals surface area (Å²) in [7, 11) is 0. The second-order valence-corrected chi connectivity index (χ2v) is 5.31. The van der Waals surface area contributed by atoms with Gasteiger partial charge in [-0.3, -0.25) is 9.59 Å². The molecule has 2 N–H and O–H groups in total. The number of anilines is 1. The number of fused-ring (bicyclic) bond motifs is 1. The molecule has 0 unspecified atom stereocenters. The van der Waals surface area contributed by atoms with Crippen LogP contribution in [0.1, 0.15) is 16.1 Å². The Kier molecular flexibility index (Phi) is 3.84. The van der Waals surface area contributed by atoms with E-state index in [1.165, 1.54) is 6.07 Å². The molecule has 0 bridgehead atoms. The van der Waals surface area contributed by atoms with Gasteiger partial charge < -0.3 is 14.7 Å². The fraction of sp³-hybridized carbons (Fsp3) is 0.0667. The molecule has 0 aliphatic heterocycles. The summed E-state index contributed by atoms with van der Waals surface area (Å²) in [4.78, 5) is 25.6. The number of benzene rings is 1. The Hall–Kier alpha value is -2.74. The number of carbonyl (C=O) groups is 1. The topological polar surface area (TPSA) is 75.1 Å². The Morgan fingerprint density at radius 2 is 1.96 bits per heavy atom. The number of alkyl halides is 3. The first kappa shape index (κ1) is 16.1. The summed E-state index contributed by atoms with van der Waals surface area (Å²) in [5, 5.41) is 3.09. The smallest absolute Gasteiger partial charge is 0.417 e. The highest BCUT2D eigenvalue weighted by Crippen LogP contribution is 2.29. The quantitative estimate of drug-likeness (QED) is 0.727. The molecule has 1 amide bonds. The van der Waals surface area contributed by atoms with Gasteiger partial charge in [-0.05, 0) is 30.3 Å². The van der Waals surface area contributed by atoms with Crippen molar-refractivity contribution in [1.29, 1.82) is 0 Å². The number of rotatable bonds is 2. The largest absolute Gasteiger partial charge is 0.451 e. The minimum absolute atomic E-state index is 0.163. The molecule has 0 fully saturated rings. The van der Waals surface area contributed by atoms with Crippen molar-refractivity contribution < 1.29 is 22.4 Å². The zero-order valence-corrected chi connectivity index (χ0v) is 12.5. The van der Waals surface area contributed by atoms with Crippen LogP contribution in [0.3, 0.4) is 0 Å². The van der Waals surface area contributed by atoms with Gasteiger partial charge in [0.05, 0.1) is 5.56 Å². The molecule has 24 heavy (non-hydrogen) atoms. The van der Waals surface area contributed by atoms with Crippen molar-refractivity contribution in [2.75, 3.05) is 5.32 Å². The first-order valence-electron chi connectivity index (χ1n) is 6.54. The molecule has 0 radical (unpaired) electrons. The van der Waals surface area contributed by atoms with Gasteiger partial charge in [-0.25, -0.2) is 0 Å². The monoisotopic (exact) mass is 356 g/mol. The predicted molar refractivity (Wildman–Crippen MR) is 81.2 cm³/mol. The lowest BCUT2D eigenvalue weighted by atomic mass is 10.2. The van der Waals surface area contributed by atoms with Crippen LogP contribution in [0, 0.1) is 0 Å². The summed E-state index contributed by atoms with van der Waals surface area (Å²) in [6.07, 6.45) is -4.12. The zero-order valence-electron chi connectivity index (χ0n) is 11.7. The van der Waals surface area contributed by atoms with Gasteiger partial charge in [0, 0.05) is 16.6 Å². The van der Waals surface area contributed by atoms with E-state index >= 15 is 0 Å². The fourth-order valence-corrected chi connectivity index (χ4v) is 2.23. The summed E-state index contributed by atoms with van der Waals surface area (Å²) in [6, 6.07) is 6.60. The van der Waals surface area contributed by atoms with Gasteiger partial charge in [-0.2, -0.15) is 13.2 Å². The van der Waals surface area contributed by atoms with Crippen LogP contribution in [0.25, 0.3) is 11.0 Å². The molecule has 0 saturated heterocycles. The predicted octanol–water partition coefficient (Wildman–Crippen LogP) is 4.05. The van der Waals surface area contributed by atoms with E-state index in [0.29, 0.717) is 28.3 Å². The van der Waals surface area contributed by atoms with Crippen molar-refractivity contribution >= 4 is 34.2 Å². The third-order valence-electron chi connectivity index (χ3n) is 3.18. The van der Waals surface area contributed by atoms with Crippen LogP contribution in [0.5, 0.6) is 0 Å². The van der Waals surface area contributed by atoms with Gasteiger partial charge in [-0.15, -0.1) is 0 Å². The molecule has 1 aromatic carbocycles. The summed E-state index contributed by atoms with van der Waals surface area (Å²) >= 11 is 5.82. The van der Waals surface area contributed by atoms with E-state index in [1.807, 2.05) is 4.98 Å². The number of hydrogen-bond acceptors (Lipinski definition) is 3. The first-order valence-corrected chi connectivity index (χ1v) is 6.92. The minimum atomic E-state index is -4.65. The highest BCUT2D eigenvalue weighted by atomic mass is 35.5. The highest BCUT2D eigenvalue weighted by Gasteiger charge is 2.31. The maximum Gasteiger partial charge on any atom is 0.417 e. The van der Waals surface area contributed by atoms with E-state index in [4.69, 9.17) is 16.0 Å². The number of amides is 1. The molecule has 3 rings (SSSR count). The Morgan fingerprint density at radius 1 is 1.21 bits per heavy atom. The second-order valence-electron chi connectivity index (χ2n) is 4.88. The Balaban J connectivity index is 1.92. The summed E-state index contributed by atoms with van der Waals surface area (Å²) in [5.74, 6) is -1.02. The lowest BCUT2D eigenvalue weighted by Gasteiger charge is -2.08. The summed E-state index contributed by atoms with van der Waals surface area (Å²) in [5.41, 5.74) is -2.11. The van der Waals surface area contributed by atoms with Gasteiger partial charge in [0.1, 0.15) is 11.3 Å². The van der Waals surface area contributed by atoms with E-state index in [-0.39, 0.29) is 5.76 Å². The Bertz CT molecular complexity index is 992. The summed E-state index contributed by atoms with van der Waals surface area (Å²) < 4.78 is 43.3. The molecular weight excluding hydrogens is 349 g/mol. The maximum absolute atomic E-state index is 12.7. The van der Waals surface area contributed by atoms with Crippen molar-refractivity contribution in [1.82, 2.24) is 4.98 Å². The molecule has 9 heteroatoms. The molecule has 2 aromatic heterocycles. The molecule has 0 spiro atoms. The van der Waals surface area contributed by atoms with Crippen molar-refractivity contribution in [3.63, 3.8) is 0 Å². The number of furan rings is 1. The normalized spacial score (nSPS) is 11.7. The third-order valence-corrected chi connectivity index (χ3v) is 3.42. The SMILES string of the molecule is O=C(Nc1cc(C(F)(F)F)c[nH]c1=O)c1cc2cc(Cl)ccc2o1. The van der Waals surface area contributed by atoms with E-state index in [9.17, 15) is 22.8 Å². The molecule has 0 saturated carbocycles. The molecule has 2 heterocycles. The molecular formula is C15H8ClF3N2O3. The van der Waals surface area contributed by atoms with Crippen LogP contribution in [-0.4, -0.2) is 10.9 Å². The van der Waals surface area contributed by atoms with Gasteiger partial charge in [0.15, 0.2) is 5.76 Å². The fourth-order valence-electron chi connectivity index (χ4n) is 2.05. The standard InChI is InChI=1S/C15H8ClF3N2O3/c16-9-1-2-11-7(3-9)4-12(24-11)14(23)21-10-5-8(15(17,18)19)6-20-13(10)22/h1-6H,(H,20,22)(H,21,23). The van der Waals surface area contributed by atoms with E-state index in [1.54, 1.807) is 18.2 Å². The van der Waals surface area contributed by atoms with E-state index in [0.717, 1.165) is 0 Å². The average molecular weight is 357 g/mol. The lowest BCUT2D eigenvalue weighted by Crippen LogP contribution is -2.21. The minimum Gasteiger partial charge on any atom is -0.451 e. The van der Waals surface area contributed by atoms with E-state index < -0.39 is 28.9 Å². The molecule has 0 atom stereocenters. The molecule has 0 aliphatic rings. The Labute approximate surface area is 137 Å². The van der Waals surface area contributed by atoms with Crippen LogP contribution < -0.4 is 10.9 Å². The number of nitrogens with one attached hydrogen (secondary N) is 2.